The summed E-state index contributed by atoms with van der Waals surface area (Å²) >= 11 is 0. The van der Waals surface area contributed by atoms with Crippen molar-refractivity contribution in [1.29, 1.82) is 0 Å². The van der Waals surface area contributed by atoms with Crippen molar-refractivity contribution < 1.29 is 5.11 Å². The second-order valence-electron chi connectivity index (χ2n) is 6.17. The van der Waals surface area contributed by atoms with Crippen molar-refractivity contribution in [3.8, 4) is 11.1 Å². The second kappa shape index (κ2) is 6.67. The standard InChI is InChI=1S/C22H19N3O/c1-2-24-16-12-14(11-15(13-16)22(23)26)21-17-7-3-5-9-19(17)25-20-10-6-4-8-18(20)21/h2-13,22,26H,23H2,1H3. The number of para-hydroxylation sites is 2. The number of aliphatic hydroxyl groups is 1. The Kier molecular flexibility index (Phi) is 4.21. The summed E-state index contributed by atoms with van der Waals surface area (Å²) in [6.07, 6.45) is 0.675. The van der Waals surface area contributed by atoms with Crippen LogP contribution in [0.1, 0.15) is 18.7 Å². The Labute approximate surface area is 151 Å². The van der Waals surface area contributed by atoms with Crippen LogP contribution in [0.3, 0.4) is 0 Å². The normalized spacial score (nSPS) is 12.9. The monoisotopic (exact) mass is 341 g/mol. The van der Waals surface area contributed by atoms with Gasteiger partial charge in [-0.25, -0.2) is 4.98 Å². The predicted molar refractivity (Wildman–Crippen MR) is 108 cm³/mol. The minimum Gasteiger partial charge on any atom is -0.375 e. The number of aromatic nitrogens is 1. The van der Waals surface area contributed by atoms with Gasteiger partial charge in [0.2, 0.25) is 0 Å². The SMILES string of the molecule is CC=Nc1cc(-c2c3ccccc3nc3ccccc23)cc(C(N)O)c1. The molecule has 0 radical (unpaired) electrons. The number of aliphatic imine (C=N–C) groups is 1. The van der Waals surface area contributed by atoms with Crippen LogP contribution in [0.25, 0.3) is 32.9 Å². The smallest absolute Gasteiger partial charge is 0.128 e. The lowest BCUT2D eigenvalue weighted by molar-refractivity contribution is 0.186. The van der Waals surface area contributed by atoms with Crippen LogP contribution in [-0.4, -0.2) is 16.3 Å². The van der Waals surface area contributed by atoms with Gasteiger partial charge in [0, 0.05) is 22.6 Å². The number of hydrogen-bond donors (Lipinski definition) is 2. The highest BCUT2D eigenvalue weighted by atomic mass is 16.3. The Hall–Kier alpha value is -3.08. The van der Waals surface area contributed by atoms with Crippen molar-refractivity contribution in [2.45, 2.75) is 13.2 Å². The first-order valence-electron chi connectivity index (χ1n) is 8.52. The second-order valence-corrected chi connectivity index (χ2v) is 6.17. The van der Waals surface area contributed by atoms with Crippen LogP contribution in [0.15, 0.2) is 71.7 Å². The lowest BCUT2D eigenvalue weighted by Gasteiger charge is -2.14. The van der Waals surface area contributed by atoms with Crippen LogP contribution < -0.4 is 5.73 Å². The van der Waals surface area contributed by atoms with E-state index in [0.29, 0.717) is 5.56 Å². The molecular weight excluding hydrogens is 322 g/mol. The van der Waals surface area contributed by atoms with Crippen molar-refractivity contribution in [3.63, 3.8) is 0 Å². The molecule has 0 amide bonds. The number of hydrogen-bond acceptors (Lipinski definition) is 4. The molecule has 0 saturated heterocycles. The van der Waals surface area contributed by atoms with E-state index in [-0.39, 0.29) is 0 Å². The number of fused-ring (bicyclic) bond motifs is 2. The summed E-state index contributed by atoms with van der Waals surface area (Å²) in [5.41, 5.74) is 11.0. The van der Waals surface area contributed by atoms with Gasteiger partial charge in [0.25, 0.3) is 0 Å². The molecule has 1 unspecified atom stereocenters. The molecule has 26 heavy (non-hydrogen) atoms. The van der Waals surface area contributed by atoms with Gasteiger partial charge in [0.15, 0.2) is 0 Å². The number of benzene rings is 3. The summed E-state index contributed by atoms with van der Waals surface area (Å²) in [5.74, 6) is 0. The van der Waals surface area contributed by atoms with Crippen molar-refractivity contribution >= 4 is 33.7 Å². The van der Waals surface area contributed by atoms with Crippen LogP contribution in [-0.2, 0) is 0 Å². The maximum absolute atomic E-state index is 9.93. The van der Waals surface area contributed by atoms with Gasteiger partial charge in [0.1, 0.15) is 6.23 Å². The number of pyridine rings is 1. The highest BCUT2D eigenvalue weighted by Gasteiger charge is 2.13. The first-order chi connectivity index (χ1) is 12.7. The summed E-state index contributed by atoms with van der Waals surface area (Å²) < 4.78 is 0. The molecule has 0 aliphatic rings. The minimum absolute atomic E-state index is 0.632. The third-order valence-electron chi connectivity index (χ3n) is 4.44. The van der Waals surface area contributed by atoms with Crippen molar-refractivity contribution in [2.75, 3.05) is 0 Å². The van der Waals surface area contributed by atoms with E-state index in [1.54, 1.807) is 12.3 Å². The van der Waals surface area contributed by atoms with E-state index >= 15 is 0 Å². The Balaban J connectivity index is 2.13. The zero-order chi connectivity index (χ0) is 18.1. The molecule has 0 fully saturated rings. The van der Waals surface area contributed by atoms with Gasteiger partial charge in [0.05, 0.1) is 16.7 Å². The zero-order valence-corrected chi connectivity index (χ0v) is 14.4. The summed E-state index contributed by atoms with van der Waals surface area (Å²) in [7, 11) is 0. The van der Waals surface area contributed by atoms with Gasteiger partial charge in [-0.15, -0.1) is 0 Å². The molecule has 4 aromatic rings. The van der Waals surface area contributed by atoms with Crippen LogP contribution in [0.2, 0.25) is 0 Å². The molecule has 0 aliphatic carbocycles. The molecule has 4 heteroatoms. The average Bonchev–Trinajstić information content (AvgIpc) is 2.66. The Morgan fingerprint density at radius 3 is 2.15 bits per heavy atom. The molecule has 0 bridgehead atoms. The summed E-state index contributed by atoms with van der Waals surface area (Å²) in [6, 6.07) is 21.9. The van der Waals surface area contributed by atoms with Crippen LogP contribution in [0, 0.1) is 0 Å². The molecule has 4 rings (SSSR count). The van der Waals surface area contributed by atoms with Crippen molar-refractivity contribution in [1.82, 2.24) is 4.98 Å². The Bertz CT molecular complexity index is 1080. The zero-order valence-electron chi connectivity index (χ0n) is 14.4. The quantitative estimate of drug-likeness (QED) is 0.321. The van der Waals surface area contributed by atoms with Crippen LogP contribution in [0.5, 0.6) is 0 Å². The third-order valence-corrected chi connectivity index (χ3v) is 4.44. The molecule has 3 aromatic carbocycles. The lowest BCUT2D eigenvalue weighted by atomic mass is 9.94. The van der Waals surface area contributed by atoms with Gasteiger partial charge in [-0.1, -0.05) is 36.4 Å². The van der Waals surface area contributed by atoms with E-state index in [2.05, 4.69) is 17.1 Å². The van der Waals surface area contributed by atoms with Gasteiger partial charge in [-0.2, -0.15) is 0 Å². The first-order valence-corrected chi connectivity index (χ1v) is 8.52. The maximum Gasteiger partial charge on any atom is 0.128 e. The Morgan fingerprint density at radius 1 is 0.962 bits per heavy atom. The number of rotatable bonds is 3. The molecule has 1 heterocycles. The topological polar surface area (TPSA) is 71.5 Å². The molecule has 0 spiro atoms. The van der Waals surface area contributed by atoms with E-state index in [0.717, 1.165) is 38.6 Å². The lowest BCUT2D eigenvalue weighted by Crippen LogP contribution is -2.08. The van der Waals surface area contributed by atoms with Gasteiger partial charge in [-0.3, -0.25) is 4.99 Å². The number of nitrogens with zero attached hydrogens (tertiary/aromatic N) is 2. The maximum atomic E-state index is 9.93. The first kappa shape index (κ1) is 16.4. The highest BCUT2D eigenvalue weighted by molar-refractivity contribution is 6.09. The largest absolute Gasteiger partial charge is 0.375 e. The molecule has 3 N–H and O–H groups in total. The van der Waals surface area contributed by atoms with Crippen molar-refractivity contribution in [2.24, 2.45) is 10.7 Å². The van der Waals surface area contributed by atoms with Gasteiger partial charge >= 0.3 is 0 Å². The molecule has 128 valence electrons. The summed E-state index contributed by atoms with van der Waals surface area (Å²) in [6.45, 7) is 1.86. The van der Waals surface area contributed by atoms with Crippen molar-refractivity contribution in [3.05, 3.63) is 72.3 Å². The predicted octanol–water partition coefficient (Wildman–Crippen LogP) is 4.73. The fraction of sp³-hybridized carbons (Fsp3) is 0.0909. The summed E-state index contributed by atoms with van der Waals surface area (Å²) in [4.78, 5) is 9.17. The molecule has 4 nitrogen and oxygen atoms in total. The molecule has 0 aliphatic heterocycles. The molecular formula is C22H19N3O. The van der Waals surface area contributed by atoms with E-state index in [4.69, 9.17) is 10.7 Å². The number of aliphatic hydroxyl groups excluding tert-OH is 1. The summed E-state index contributed by atoms with van der Waals surface area (Å²) in [5, 5.41) is 12.0. The average molecular weight is 341 g/mol. The van der Waals surface area contributed by atoms with Gasteiger partial charge in [-0.05, 0) is 48.4 Å². The van der Waals surface area contributed by atoms with Gasteiger partial charge < -0.3 is 10.8 Å². The minimum atomic E-state index is -1.06. The fourth-order valence-electron chi connectivity index (χ4n) is 3.32. The van der Waals surface area contributed by atoms with Crippen LogP contribution in [0.4, 0.5) is 5.69 Å². The molecule has 1 aromatic heterocycles. The van der Waals surface area contributed by atoms with Crippen LogP contribution >= 0.6 is 0 Å². The van der Waals surface area contributed by atoms with E-state index < -0.39 is 6.23 Å². The number of nitrogens with two attached hydrogens (primary N) is 1. The van der Waals surface area contributed by atoms with E-state index in [1.807, 2.05) is 55.5 Å². The molecule has 0 saturated carbocycles. The van der Waals surface area contributed by atoms with E-state index in [1.165, 1.54) is 0 Å². The highest BCUT2D eigenvalue weighted by Crippen LogP contribution is 2.37. The Morgan fingerprint density at radius 2 is 1.58 bits per heavy atom. The molecule has 1 atom stereocenters. The third kappa shape index (κ3) is 2.86. The fourth-order valence-corrected chi connectivity index (χ4v) is 3.32. The van der Waals surface area contributed by atoms with E-state index in [9.17, 15) is 5.11 Å².